The molecule has 1 N–H and O–H groups in total. The topological polar surface area (TPSA) is 24.4 Å². The first kappa shape index (κ1) is 10.3. The highest BCUT2D eigenvalue weighted by Gasteiger charge is 2.36. The molecule has 2 aliphatic rings. The van der Waals surface area contributed by atoms with Gasteiger partial charge in [-0.3, -0.25) is 4.99 Å². The van der Waals surface area contributed by atoms with E-state index in [1.54, 1.807) is 0 Å². The van der Waals surface area contributed by atoms with Crippen molar-refractivity contribution in [3.63, 3.8) is 0 Å². The van der Waals surface area contributed by atoms with Crippen LogP contribution in [0.25, 0.3) is 0 Å². The minimum atomic E-state index is 0.188. The summed E-state index contributed by atoms with van der Waals surface area (Å²) in [6.07, 6.45) is 5.11. The van der Waals surface area contributed by atoms with Gasteiger partial charge in [-0.25, -0.2) is 0 Å². The van der Waals surface area contributed by atoms with Crippen molar-refractivity contribution in [1.29, 1.82) is 0 Å². The lowest BCUT2D eigenvalue weighted by atomic mass is 9.79. The Kier molecular flexibility index (Phi) is 2.54. The van der Waals surface area contributed by atoms with E-state index >= 15 is 0 Å². The van der Waals surface area contributed by atoms with Crippen molar-refractivity contribution in [3.8, 4) is 0 Å². The summed E-state index contributed by atoms with van der Waals surface area (Å²) in [5, 5.41) is 4.77. The lowest BCUT2D eigenvalue weighted by Crippen LogP contribution is -2.49. The van der Waals surface area contributed by atoms with Gasteiger partial charge < -0.3 is 5.32 Å². The predicted octanol–water partition coefficient (Wildman–Crippen LogP) is 2.79. The van der Waals surface area contributed by atoms with Crippen LogP contribution in [0.4, 0.5) is 0 Å². The van der Waals surface area contributed by atoms with Crippen molar-refractivity contribution in [2.24, 2.45) is 4.99 Å². The van der Waals surface area contributed by atoms with Gasteiger partial charge in [0.2, 0.25) is 0 Å². The Labute approximate surface area is 90.9 Å². The summed E-state index contributed by atoms with van der Waals surface area (Å²) in [6.45, 7) is 6.77. The summed E-state index contributed by atoms with van der Waals surface area (Å²) in [7, 11) is 0. The van der Waals surface area contributed by atoms with Crippen molar-refractivity contribution >= 4 is 16.9 Å². The average Bonchev–Trinajstić information content (AvgIpc) is 2.46. The minimum absolute atomic E-state index is 0.188. The highest BCUT2D eigenvalue weighted by atomic mass is 32.2. The standard InChI is InChI=1S/C11H20N2S/c1-4-10(2)8-14-9(12-10)13-11(3)6-5-7-11/h4-8H2,1-3H3,(H,12,13). The molecule has 0 aromatic carbocycles. The maximum atomic E-state index is 4.77. The molecule has 0 saturated heterocycles. The first-order valence-corrected chi connectivity index (χ1v) is 6.55. The number of thioether (sulfide) groups is 1. The molecule has 1 heterocycles. The van der Waals surface area contributed by atoms with E-state index in [2.05, 4.69) is 26.1 Å². The molecule has 3 heteroatoms. The molecular weight excluding hydrogens is 192 g/mol. The van der Waals surface area contributed by atoms with Gasteiger partial charge in [0.25, 0.3) is 0 Å². The van der Waals surface area contributed by atoms with Gasteiger partial charge in [0.05, 0.1) is 5.54 Å². The van der Waals surface area contributed by atoms with Crippen LogP contribution in [0.15, 0.2) is 4.99 Å². The second-order valence-electron chi connectivity index (χ2n) is 5.10. The number of amidine groups is 1. The molecule has 1 atom stereocenters. The van der Waals surface area contributed by atoms with E-state index in [1.807, 2.05) is 11.8 Å². The maximum absolute atomic E-state index is 4.77. The maximum Gasteiger partial charge on any atom is 0.157 e. The Morgan fingerprint density at radius 1 is 1.43 bits per heavy atom. The monoisotopic (exact) mass is 212 g/mol. The average molecular weight is 212 g/mol. The molecule has 1 unspecified atom stereocenters. The van der Waals surface area contributed by atoms with E-state index in [0.29, 0.717) is 5.54 Å². The first-order valence-electron chi connectivity index (χ1n) is 5.56. The van der Waals surface area contributed by atoms with Gasteiger partial charge in [-0.15, -0.1) is 0 Å². The molecule has 0 spiro atoms. The van der Waals surface area contributed by atoms with Crippen LogP contribution in [-0.2, 0) is 0 Å². The molecule has 2 nitrogen and oxygen atoms in total. The quantitative estimate of drug-likeness (QED) is 0.761. The fraction of sp³-hybridized carbons (Fsp3) is 0.909. The molecule has 0 radical (unpaired) electrons. The molecule has 0 aromatic rings. The first-order chi connectivity index (χ1) is 6.55. The number of aliphatic imine (C=N–C) groups is 1. The molecule has 0 amide bonds. The van der Waals surface area contributed by atoms with Crippen LogP contribution in [0.2, 0.25) is 0 Å². The van der Waals surface area contributed by atoms with Crippen LogP contribution in [0, 0.1) is 0 Å². The zero-order valence-corrected chi connectivity index (χ0v) is 10.2. The zero-order chi connectivity index (χ0) is 10.2. The van der Waals surface area contributed by atoms with Gasteiger partial charge >= 0.3 is 0 Å². The van der Waals surface area contributed by atoms with Gasteiger partial charge in [-0.1, -0.05) is 18.7 Å². The van der Waals surface area contributed by atoms with E-state index in [-0.39, 0.29) is 5.54 Å². The molecule has 1 saturated carbocycles. The summed E-state index contributed by atoms with van der Waals surface area (Å²) < 4.78 is 0. The number of hydrogen-bond donors (Lipinski definition) is 1. The van der Waals surface area contributed by atoms with Crippen LogP contribution >= 0.6 is 11.8 Å². The molecule has 14 heavy (non-hydrogen) atoms. The number of rotatable bonds is 2. The molecule has 0 aromatic heterocycles. The van der Waals surface area contributed by atoms with E-state index in [9.17, 15) is 0 Å². The molecule has 2 rings (SSSR count). The second-order valence-corrected chi connectivity index (χ2v) is 6.06. The molecule has 0 bridgehead atoms. The predicted molar refractivity (Wildman–Crippen MR) is 64.0 cm³/mol. The van der Waals surface area contributed by atoms with Crippen molar-refractivity contribution < 1.29 is 0 Å². The van der Waals surface area contributed by atoms with E-state index in [0.717, 1.165) is 12.2 Å². The van der Waals surface area contributed by atoms with Crippen molar-refractivity contribution in [3.05, 3.63) is 0 Å². The van der Waals surface area contributed by atoms with Gasteiger partial charge in [0, 0.05) is 11.3 Å². The summed E-state index contributed by atoms with van der Waals surface area (Å²) in [5.74, 6) is 1.14. The number of nitrogens with zero attached hydrogens (tertiary/aromatic N) is 1. The number of hydrogen-bond acceptors (Lipinski definition) is 3. The molecular formula is C11H20N2S. The highest BCUT2D eigenvalue weighted by Crippen LogP contribution is 2.35. The summed E-state index contributed by atoms with van der Waals surface area (Å²) in [4.78, 5) is 4.77. The number of nitrogens with one attached hydrogen (secondary N) is 1. The fourth-order valence-electron chi connectivity index (χ4n) is 1.87. The molecule has 1 aliphatic heterocycles. The Bertz CT molecular complexity index is 258. The Morgan fingerprint density at radius 3 is 2.57 bits per heavy atom. The third-order valence-corrected chi connectivity index (χ3v) is 4.75. The summed E-state index contributed by atoms with van der Waals surface area (Å²) in [5.41, 5.74) is 0.540. The lowest BCUT2D eigenvalue weighted by molar-refractivity contribution is 0.245. The third-order valence-electron chi connectivity index (χ3n) is 3.52. The van der Waals surface area contributed by atoms with Crippen molar-refractivity contribution in [2.45, 2.75) is 57.5 Å². The summed E-state index contributed by atoms with van der Waals surface area (Å²) >= 11 is 1.89. The SMILES string of the molecule is CCC1(C)CSC(NC2(C)CCC2)=N1. The van der Waals surface area contributed by atoms with Crippen LogP contribution < -0.4 is 5.32 Å². The largest absolute Gasteiger partial charge is 0.360 e. The van der Waals surface area contributed by atoms with Crippen LogP contribution in [-0.4, -0.2) is 22.0 Å². The van der Waals surface area contributed by atoms with Crippen molar-refractivity contribution in [1.82, 2.24) is 5.32 Å². The fourth-order valence-corrected chi connectivity index (χ4v) is 3.19. The van der Waals surface area contributed by atoms with Gasteiger partial charge in [0.15, 0.2) is 5.17 Å². The van der Waals surface area contributed by atoms with E-state index < -0.39 is 0 Å². The Balaban J connectivity index is 1.96. The summed E-state index contributed by atoms with van der Waals surface area (Å²) in [6, 6.07) is 0. The Morgan fingerprint density at radius 2 is 2.14 bits per heavy atom. The van der Waals surface area contributed by atoms with Crippen molar-refractivity contribution in [2.75, 3.05) is 5.75 Å². The van der Waals surface area contributed by atoms with Gasteiger partial charge in [0.1, 0.15) is 0 Å². The second kappa shape index (κ2) is 3.44. The van der Waals surface area contributed by atoms with Gasteiger partial charge in [-0.2, -0.15) is 0 Å². The lowest BCUT2D eigenvalue weighted by Gasteiger charge is -2.39. The molecule has 1 aliphatic carbocycles. The molecule has 80 valence electrons. The smallest absolute Gasteiger partial charge is 0.157 e. The van der Waals surface area contributed by atoms with Gasteiger partial charge in [-0.05, 0) is 39.5 Å². The zero-order valence-electron chi connectivity index (χ0n) is 9.39. The Hall–Kier alpha value is -0.180. The third kappa shape index (κ3) is 1.92. The van der Waals surface area contributed by atoms with Crippen LogP contribution in [0.1, 0.15) is 46.5 Å². The highest BCUT2D eigenvalue weighted by molar-refractivity contribution is 8.14. The normalized spacial score (nSPS) is 34.9. The van der Waals surface area contributed by atoms with E-state index in [1.165, 1.54) is 24.4 Å². The van der Waals surface area contributed by atoms with Crippen LogP contribution in [0.3, 0.4) is 0 Å². The molecule has 1 fully saturated rings. The van der Waals surface area contributed by atoms with E-state index in [4.69, 9.17) is 4.99 Å². The minimum Gasteiger partial charge on any atom is -0.360 e. The van der Waals surface area contributed by atoms with Crippen LogP contribution in [0.5, 0.6) is 0 Å².